The Morgan fingerprint density at radius 3 is 2.55 bits per heavy atom. The molecule has 1 aromatic heterocycles. The zero-order valence-corrected chi connectivity index (χ0v) is 18.3. The minimum atomic E-state index is -0.509. The zero-order chi connectivity index (χ0) is 22.5. The molecule has 0 bridgehead atoms. The molecule has 0 spiro atoms. The molecule has 8 nitrogen and oxygen atoms in total. The molecular formula is C23H26N4O4. The third kappa shape index (κ3) is 4.74. The number of amides is 1. The number of nitrogens with one attached hydrogen (secondary N) is 1. The van der Waals surface area contributed by atoms with Crippen LogP contribution in [0.2, 0.25) is 0 Å². The second-order valence-electron chi connectivity index (χ2n) is 7.32. The number of methoxy groups -OCH3 is 2. The molecule has 162 valence electrons. The van der Waals surface area contributed by atoms with Crippen molar-refractivity contribution in [3.8, 4) is 11.4 Å². The summed E-state index contributed by atoms with van der Waals surface area (Å²) in [5.41, 5.74) is 3.03. The second-order valence-corrected chi connectivity index (χ2v) is 7.32. The summed E-state index contributed by atoms with van der Waals surface area (Å²) in [7, 11) is 2.78. The Balaban J connectivity index is 1.79. The smallest absolute Gasteiger partial charge is 0.341 e. The predicted molar refractivity (Wildman–Crippen MR) is 116 cm³/mol. The number of hydrogen-bond acceptors (Lipinski definition) is 6. The summed E-state index contributed by atoms with van der Waals surface area (Å²) < 4.78 is 11.7. The van der Waals surface area contributed by atoms with E-state index in [4.69, 9.17) is 9.47 Å². The first-order valence-corrected chi connectivity index (χ1v) is 9.92. The van der Waals surface area contributed by atoms with Gasteiger partial charge in [0.1, 0.15) is 17.1 Å². The summed E-state index contributed by atoms with van der Waals surface area (Å²) in [5.74, 6) is 0.496. The highest BCUT2D eigenvalue weighted by Gasteiger charge is 2.18. The fraction of sp³-hybridized carbons (Fsp3) is 0.304. The van der Waals surface area contributed by atoms with Crippen molar-refractivity contribution >= 4 is 11.9 Å². The number of carbonyl (C=O) groups excluding carboxylic acids is 2. The van der Waals surface area contributed by atoms with Gasteiger partial charge in [0.05, 0.1) is 19.9 Å². The molecule has 8 heteroatoms. The van der Waals surface area contributed by atoms with Crippen LogP contribution in [0.15, 0.2) is 42.5 Å². The molecular weight excluding hydrogens is 396 g/mol. The lowest BCUT2D eigenvalue weighted by Gasteiger charge is -2.12. The second kappa shape index (κ2) is 9.42. The van der Waals surface area contributed by atoms with E-state index in [1.807, 2.05) is 31.2 Å². The minimum absolute atomic E-state index is 0.0813. The lowest BCUT2D eigenvalue weighted by molar-refractivity contribution is 0.0597. The molecule has 0 saturated heterocycles. The molecule has 0 atom stereocenters. The van der Waals surface area contributed by atoms with Crippen molar-refractivity contribution in [1.29, 1.82) is 0 Å². The molecule has 0 aliphatic rings. The Morgan fingerprint density at radius 2 is 1.87 bits per heavy atom. The van der Waals surface area contributed by atoms with Crippen molar-refractivity contribution in [3.63, 3.8) is 0 Å². The maximum Gasteiger partial charge on any atom is 0.341 e. The molecule has 3 rings (SSSR count). The van der Waals surface area contributed by atoms with Gasteiger partial charge >= 0.3 is 5.97 Å². The first-order chi connectivity index (χ1) is 14.8. The van der Waals surface area contributed by atoms with Gasteiger partial charge in [-0.15, -0.1) is 5.10 Å². The van der Waals surface area contributed by atoms with E-state index in [1.165, 1.54) is 14.2 Å². The first-order valence-electron chi connectivity index (χ1n) is 9.92. The van der Waals surface area contributed by atoms with Crippen molar-refractivity contribution < 1.29 is 19.1 Å². The monoisotopic (exact) mass is 422 g/mol. The molecule has 0 radical (unpaired) electrons. The number of esters is 1. The lowest BCUT2D eigenvalue weighted by Crippen LogP contribution is -2.24. The van der Waals surface area contributed by atoms with Crippen LogP contribution in [0.25, 0.3) is 5.69 Å². The normalized spacial score (nSPS) is 10.8. The van der Waals surface area contributed by atoms with E-state index in [0.29, 0.717) is 23.1 Å². The Morgan fingerprint density at radius 1 is 1.13 bits per heavy atom. The van der Waals surface area contributed by atoms with Crippen LogP contribution < -0.4 is 10.1 Å². The number of benzene rings is 2. The summed E-state index contributed by atoms with van der Waals surface area (Å²) in [6, 6.07) is 13.0. The molecule has 0 aliphatic carbocycles. The average molecular weight is 422 g/mol. The summed E-state index contributed by atoms with van der Waals surface area (Å²) in [5, 5.41) is 7.22. The Hall–Kier alpha value is -3.68. The SMILES string of the molecule is COC(=O)c1cc(CNC(=O)c2nc(C)n(-c3ccccc3C(C)C)n2)ccc1OC. The van der Waals surface area contributed by atoms with Gasteiger partial charge in [0.25, 0.3) is 5.91 Å². The number of hydrogen-bond donors (Lipinski definition) is 1. The van der Waals surface area contributed by atoms with Crippen molar-refractivity contribution in [3.05, 3.63) is 70.8 Å². The van der Waals surface area contributed by atoms with Crippen molar-refractivity contribution in [2.75, 3.05) is 14.2 Å². The van der Waals surface area contributed by atoms with E-state index in [0.717, 1.165) is 16.8 Å². The van der Waals surface area contributed by atoms with E-state index in [-0.39, 0.29) is 12.4 Å². The maximum atomic E-state index is 12.7. The van der Waals surface area contributed by atoms with Crippen LogP contribution in [0.1, 0.15) is 57.7 Å². The standard InChI is InChI=1S/C23H26N4O4/c1-14(2)17-8-6-7-9-19(17)27-15(3)25-21(26-27)22(28)24-13-16-10-11-20(30-4)18(12-16)23(29)31-5/h6-12,14H,13H2,1-5H3,(H,24,28). The molecule has 0 unspecified atom stereocenters. The van der Waals surface area contributed by atoms with Gasteiger partial charge in [-0.05, 0) is 42.2 Å². The number of nitrogens with zero attached hydrogens (tertiary/aromatic N) is 3. The highest BCUT2D eigenvalue weighted by atomic mass is 16.5. The van der Waals surface area contributed by atoms with E-state index < -0.39 is 11.9 Å². The van der Waals surface area contributed by atoms with E-state index in [1.54, 1.807) is 22.9 Å². The molecule has 0 fully saturated rings. The predicted octanol–water partition coefficient (Wildman–Crippen LogP) is 3.42. The van der Waals surface area contributed by atoms with Crippen LogP contribution >= 0.6 is 0 Å². The number of para-hydroxylation sites is 1. The number of aryl methyl sites for hydroxylation is 1. The summed E-state index contributed by atoms with van der Waals surface area (Å²) in [6.45, 7) is 6.22. The maximum absolute atomic E-state index is 12.7. The van der Waals surface area contributed by atoms with Gasteiger partial charge in [0, 0.05) is 6.54 Å². The summed E-state index contributed by atoms with van der Waals surface area (Å²) >= 11 is 0. The van der Waals surface area contributed by atoms with Gasteiger partial charge < -0.3 is 14.8 Å². The topological polar surface area (TPSA) is 95.3 Å². The number of ether oxygens (including phenoxy) is 2. The number of rotatable bonds is 7. The quantitative estimate of drug-likeness (QED) is 0.586. The molecule has 2 aromatic carbocycles. The molecule has 31 heavy (non-hydrogen) atoms. The van der Waals surface area contributed by atoms with Crippen molar-refractivity contribution in [1.82, 2.24) is 20.1 Å². The largest absolute Gasteiger partial charge is 0.496 e. The summed E-state index contributed by atoms with van der Waals surface area (Å²) in [6.07, 6.45) is 0. The fourth-order valence-electron chi connectivity index (χ4n) is 3.28. The highest BCUT2D eigenvalue weighted by molar-refractivity contribution is 5.93. The number of carbonyl (C=O) groups is 2. The van der Waals surface area contributed by atoms with Crippen LogP contribution in [-0.2, 0) is 11.3 Å². The van der Waals surface area contributed by atoms with Gasteiger partial charge in [0.2, 0.25) is 5.82 Å². The molecule has 0 saturated carbocycles. The zero-order valence-electron chi connectivity index (χ0n) is 18.3. The van der Waals surface area contributed by atoms with Gasteiger partial charge in [-0.25, -0.2) is 14.5 Å². The lowest BCUT2D eigenvalue weighted by atomic mass is 10.0. The Kier molecular flexibility index (Phi) is 6.69. The third-order valence-electron chi connectivity index (χ3n) is 4.88. The van der Waals surface area contributed by atoms with Gasteiger partial charge in [-0.1, -0.05) is 38.1 Å². The molecule has 1 N–H and O–H groups in total. The van der Waals surface area contributed by atoms with Crippen LogP contribution in [0, 0.1) is 6.92 Å². The number of aromatic nitrogens is 3. The first kappa shape index (κ1) is 22.0. The summed E-state index contributed by atoms with van der Waals surface area (Å²) in [4.78, 5) is 28.9. The van der Waals surface area contributed by atoms with Gasteiger partial charge in [-0.3, -0.25) is 4.79 Å². The molecule has 1 amide bonds. The van der Waals surface area contributed by atoms with E-state index >= 15 is 0 Å². The fourth-order valence-corrected chi connectivity index (χ4v) is 3.28. The Bertz CT molecular complexity index is 1100. The third-order valence-corrected chi connectivity index (χ3v) is 4.88. The van der Waals surface area contributed by atoms with Crippen LogP contribution in [0.5, 0.6) is 5.75 Å². The highest BCUT2D eigenvalue weighted by Crippen LogP contribution is 2.23. The van der Waals surface area contributed by atoms with Gasteiger partial charge in [0.15, 0.2) is 0 Å². The van der Waals surface area contributed by atoms with E-state index in [9.17, 15) is 9.59 Å². The Labute approximate surface area is 181 Å². The molecule has 1 heterocycles. The van der Waals surface area contributed by atoms with Crippen LogP contribution in [0.3, 0.4) is 0 Å². The van der Waals surface area contributed by atoms with Gasteiger partial charge in [-0.2, -0.15) is 0 Å². The molecule has 3 aromatic rings. The van der Waals surface area contributed by atoms with Crippen LogP contribution in [0.4, 0.5) is 0 Å². The minimum Gasteiger partial charge on any atom is -0.496 e. The van der Waals surface area contributed by atoms with Crippen molar-refractivity contribution in [2.24, 2.45) is 0 Å². The van der Waals surface area contributed by atoms with Crippen LogP contribution in [-0.4, -0.2) is 40.9 Å². The average Bonchev–Trinajstić information content (AvgIpc) is 3.18. The molecule has 0 aliphatic heterocycles. The van der Waals surface area contributed by atoms with E-state index in [2.05, 4.69) is 29.2 Å². The van der Waals surface area contributed by atoms with Crippen molar-refractivity contribution in [2.45, 2.75) is 33.2 Å².